The van der Waals surface area contributed by atoms with Crippen molar-refractivity contribution in [3.63, 3.8) is 0 Å². The molecule has 1 N–H and O–H groups in total. The quantitative estimate of drug-likeness (QED) is 0.346. The molecule has 0 radical (unpaired) electrons. The summed E-state index contributed by atoms with van der Waals surface area (Å²) in [6, 6.07) is 14.6. The summed E-state index contributed by atoms with van der Waals surface area (Å²) in [6.45, 7) is 0.284. The largest absolute Gasteiger partial charge is 0.493 e. The second kappa shape index (κ2) is 10.4. The monoisotopic (exact) mass is 484 g/mol. The number of methoxy groups -OCH3 is 1. The zero-order chi connectivity index (χ0) is 24.1. The molecule has 0 bridgehead atoms. The first-order valence-corrected chi connectivity index (χ1v) is 11.0. The van der Waals surface area contributed by atoms with Crippen molar-refractivity contribution in [1.29, 1.82) is 0 Å². The molecule has 0 aliphatic heterocycles. The minimum Gasteiger partial charge on any atom is -0.493 e. The number of hydrogen-bond donors (Lipinski definition) is 1. The standard InChI is InChI=1S/C25H19F3N2O3S/c1-32-23-11-17(5-9-22(23)33-13-16-4-8-19(27)20(28)10-16)25-30-21(14-34-25)24(31)29-12-15-2-6-18(26)7-3-15/h2-11,14H,12-13H2,1H3,(H,29,31). The van der Waals surface area contributed by atoms with Gasteiger partial charge < -0.3 is 14.8 Å². The highest BCUT2D eigenvalue weighted by Gasteiger charge is 2.14. The van der Waals surface area contributed by atoms with Crippen molar-refractivity contribution in [2.75, 3.05) is 7.11 Å². The Hall–Kier alpha value is -3.85. The fourth-order valence-electron chi connectivity index (χ4n) is 3.10. The molecule has 174 valence electrons. The molecular formula is C25H19F3N2O3S. The minimum absolute atomic E-state index is 0.0303. The number of thiazole rings is 1. The minimum atomic E-state index is -0.940. The van der Waals surface area contributed by atoms with Gasteiger partial charge in [0.15, 0.2) is 23.1 Å². The molecule has 0 saturated carbocycles. The van der Waals surface area contributed by atoms with Crippen LogP contribution in [0.2, 0.25) is 0 Å². The number of carbonyl (C=O) groups excluding carboxylic acids is 1. The Bertz CT molecular complexity index is 1310. The zero-order valence-corrected chi connectivity index (χ0v) is 18.8. The maximum Gasteiger partial charge on any atom is 0.271 e. The van der Waals surface area contributed by atoms with Crippen LogP contribution < -0.4 is 14.8 Å². The Morgan fingerprint density at radius 1 is 0.941 bits per heavy atom. The van der Waals surface area contributed by atoms with Crippen molar-refractivity contribution < 1.29 is 27.4 Å². The third kappa shape index (κ3) is 5.55. The summed E-state index contributed by atoms with van der Waals surface area (Å²) in [5, 5.41) is 5.02. The fourth-order valence-corrected chi connectivity index (χ4v) is 3.89. The molecule has 5 nitrogen and oxygen atoms in total. The van der Waals surface area contributed by atoms with Crippen LogP contribution in [0.4, 0.5) is 13.2 Å². The Morgan fingerprint density at radius 2 is 1.71 bits per heavy atom. The number of rotatable bonds is 8. The van der Waals surface area contributed by atoms with Crippen LogP contribution in [0.5, 0.6) is 11.5 Å². The second-order valence-electron chi connectivity index (χ2n) is 7.25. The van der Waals surface area contributed by atoms with Gasteiger partial charge in [-0.05, 0) is 53.6 Å². The Balaban J connectivity index is 1.42. The van der Waals surface area contributed by atoms with Gasteiger partial charge in [0.2, 0.25) is 0 Å². The third-order valence-electron chi connectivity index (χ3n) is 4.89. The number of aromatic nitrogens is 1. The maximum absolute atomic E-state index is 13.4. The third-order valence-corrected chi connectivity index (χ3v) is 5.78. The lowest BCUT2D eigenvalue weighted by Crippen LogP contribution is -2.23. The van der Waals surface area contributed by atoms with Crippen molar-refractivity contribution in [3.8, 4) is 22.1 Å². The predicted molar refractivity (Wildman–Crippen MR) is 122 cm³/mol. The van der Waals surface area contributed by atoms with E-state index in [1.54, 1.807) is 35.7 Å². The summed E-state index contributed by atoms with van der Waals surface area (Å²) < 4.78 is 50.6. The predicted octanol–water partition coefficient (Wildman–Crippen LogP) is 5.75. The number of halogens is 3. The van der Waals surface area contributed by atoms with E-state index >= 15 is 0 Å². The van der Waals surface area contributed by atoms with Gasteiger partial charge >= 0.3 is 0 Å². The molecule has 3 aromatic carbocycles. The number of nitrogens with one attached hydrogen (secondary N) is 1. The SMILES string of the molecule is COc1cc(-c2nc(C(=O)NCc3ccc(F)cc3)cs2)ccc1OCc1ccc(F)c(F)c1. The number of hydrogen-bond acceptors (Lipinski definition) is 5. The van der Waals surface area contributed by atoms with Gasteiger partial charge in [0.05, 0.1) is 7.11 Å². The summed E-state index contributed by atoms with van der Waals surface area (Å²) in [6.07, 6.45) is 0. The van der Waals surface area contributed by atoms with Crippen molar-refractivity contribution in [2.24, 2.45) is 0 Å². The van der Waals surface area contributed by atoms with E-state index in [1.165, 1.54) is 36.6 Å². The summed E-state index contributed by atoms with van der Waals surface area (Å²) in [4.78, 5) is 16.8. The first kappa shape index (κ1) is 23.3. The molecule has 34 heavy (non-hydrogen) atoms. The van der Waals surface area contributed by atoms with E-state index in [-0.39, 0.29) is 30.6 Å². The molecule has 4 rings (SSSR count). The molecule has 0 saturated heterocycles. The van der Waals surface area contributed by atoms with Crippen LogP contribution >= 0.6 is 11.3 Å². The average Bonchev–Trinajstić information content (AvgIpc) is 3.34. The first-order valence-electron chi connectivity index (χ1n) is 10.2. The van der Waals surface area contributed by atoms with E-state index in [2.05, 4.69) is 10.3 Å². The van der Waals surface area contributed by atoms with Crippen LogP contribution in [-0.4, -0.2) is 18.0 Å². The molecule has 0 aliphatic carbocycles. The van der Waals surface area contributed by atoms with E-state index < -0.39 is 11.6 Å². The van der Waals surface area contributed by atoms with Crippen molar-refractivity contribution in [2.45, 2.75) is 13.2 Å². The van der Waals surface area contributed by atoms with Gasteiger partial charge in [0.25, 0.3) is 5.91 Å². The van der Waals surface area contributed by atoms with Crippen LogP contribution in [-0.2, 0) is 13.2 Å². The molecule has 0 unspecified atom stereocenters. The number of ether oxygens (including phenoxy) is 2. The highest BCUT2D eigenvalue weighted by Crippen LogP contribution is 2.34. The Morgan fingerprint density at radius 3 is 2.44 bits per heavy atom. The smallest absolute Gasteiger partial charge is 0.271 e. The molecule has 1 amide bonds. The zero-order valence-electron chi connectivity index (χ0n) is 18.0. The molecule has 0 atom stereocenters. The number of amides is 1. The van der Waals surface area contributed by atoms with E-state index in [1.807, 2.05) is 0 Å². The lowest BCUT2D eigenvalue weighted by molar-refractivity contribution is 0.0946. The van der Waals surface area contributed by atoms with Crippen molar-refractivity contribution >= 4 is 17.2 Å². The Kier molecular flexibility index (Phi) is 7.12. The van der Waals surface area contributed by atoms with Gasteiger partial charge in [-0.2, -0.15) is 0 Å². The van der Waals surface area contributed by atoms with Crippen LogP contribution in [0.3, 0.4) is 0 Å². The van der Waals surface area contributed by atoms with Crippen molar-refractivity contribution in [3.05, 3.63) is 100 Å². The first-order chi connectivity index (χ1) is 16.4. The van der Waals surface area contributed by atoms with Crippen LogP contribution in [0.15, 0.2) is 66.0 Å². The average molecular weight is 484 g/mol. The van der Waals surface area contributed by atoms with Gasteiger partial charge in [-0.1, -0.05) is 18.2 Å². The number of benzene rings is 3. The van der Waals surface area contributed by atoms with Gasteiger partial charge in [0.1, 0.15) is 23.1 Å². The topological polar surface area (TPSA) is 60.5 Å². The van der Waals surface area contributed by atoms with Gasteiger partial charge in [-0.3, -0.25) is 4.79 Å². The molecule has 4 aromatic rings. The van der Waals surface area contributed by atoms with Crippen molar-refractivity contribution in [1.82, 2.24) is 10.3 Å². The molecule has 0 aliphatic rings. The van der Waals surface area contributed by atoms with Crippen LogP contribution in [0.1, 0.15) is 21.6 Å². The van der Waals surface area contributed by atoms with Gasteiger partial charge in [-0.25, -0.2) is 18.2 Å². The van der Waals surface area contributed by atoms with E-state index in [0.717, 1.165) is 23.3 Å². The molecule has 9 heteroatoms. The normalized spacial score (nSPS) is 10.7. The Labute approximate surface area is 197 Å². The van der Waals surface area contributed by atoms with E-state index in [4.69, 9.17) is 9.47 Å². The molecule has 0 fully saturated rings. The lowest BCUT2D eigenvalue weighted by Gasteiger charge is -2.12. The highest BCUT2D eigenvalue weighted by atomic mass is 32.1. The molecule has 1 heterocycles. The van der Waals surface area contributed by atoms with Gasteiger partial charge in [-0.15, -0.1) is 11.3 Å². The van der Waals surface area contributed by atoms with E-state index in [9.17, 15) is 18.0 Å². The molecule has 1 aromatic heterocycles. The van der Waals surface area contributed by atoms with Gasteiger partial charge in [0, 0.05) is 17.5 Å². The molecular weight excluding hydrogens is 465 g/mol. The summed E-state index contributed by atoms with van der Waals surface area (Å²) >= 11 is 1.30. The fraction of sp³-hybridized carbons (Fsp3) is 0.120. The number of carbonyl (C=O) groups is 1. The molecule has 0 spiro atoms. The van der Waals surface area contributed by atoms with E-state index in [0.29, 0.717) is 22.1 Å². The van der Waals surface area contributed by atoms with Crippen LogP contribution in [0, 0.1) is 17.5 Å². The summed E-state index contributed by atoms with van der Waals surface area (Å²) in [5.41, 5.74) is 2.23. The number of nitrogens with zero attached hydrogens (tertiary/aromatic N) is 1. The second-order valence-corrected chi connectivity index (χ2v) is 8.11. The van der Waals surface area contributed by atoms with Crippen LogP contribution in [0.25, 0.3) is 10.6 Å². The lowest BCUT2D eigenvalue weighted by atomic mass is 10.2. The maximum atomic E-state index is 13.4. The highest BCUT2D eigenvalue weighted by molar-refractivity contribution is 7.13. The summed E-state index contributed by atoms with van der Waals surface area (Å²) in [7, 11) is 1.49. The summed E-state index contributed by atoms with van der Waals surface area (Å²) in [5.74, 6) is -1.69.